The van der Waals surface area contributed by atoms with Crippen LogP contribution >= 0.6 is 11.3 Å². The number of hydrogen-bond acceptors (Lipinski definition) is 4. The SMILES string of the molecule is CNc1ccc(-c2cc3ccc(OCCCF)cc3s2)cn1. The van der Waals surface area contributed by atoms with E-state index >= 15 is 0 Å². The molecule has 0 bridgehead atoms. The molecule has 114 valence electrons. The lowest BCUT2D eigenvalue weighted by molar-refractivity contribution is 0.290. The highest BCUT2D eigenvalue weighted by molar-refractivity contribution is 7.22. The molecule has 0 radical (unpaired) electrons. The number of pyridine rings is 1. The Morgan fingerprint density at radius 1 is 1.23 bits per heavy atom. The zero-order chi connectivity index (χ0) is 15.4. The molecule has 0 aliphatic rings. The van der Waals surface area contributed by atoms with E-state index < -0.39 is 0 Å². The fourth-order valence-corrected chi connectivity index (χ4v) is 3.26. The lowest BCUT2D eigenvalue weighted by atomic mass is 10.2. The Morgan fingerprint density at radius 2 is 2.14 bits per heavy atom. The van der Waals surface area contributed by atoms with Crippen molar-refractivity contribution in [2.75, 3.05) is 25.6 Å². The van der Waals surface area contributed by atoms with Crippen LogP contribution in [-0.4, -0.2) is 25.3 Å². The molecule has 0 atom stereocenters. The fourth-order valence-electron chi connectivity index (χ4n) is 2.18. The van der Waals surface area contributed by atoms with E-state index in [-0.39, 0.29) is 6.67 Å². The molecule has 3 rings (SSSR count). The number of aromatic nitrogens is 1. The number of thiophene rings is 1. The van der Waals surface area contributed by atoms with E-state index in [9.17, 15) is 4.39 Å². The van der Waals surface area contributed by atoms with Crippen molar-refractivity contribution in [1.29, 1.82) is 0 Å². The van der Waals surface area contributed by atoms with Gasteiger partial charge in [-0.1, -0.05) is 0 Å². The van der Waals surface area contributed by atoms with Crippen molar-refractivity contribution in [3.63, 3.8) is 0 Å². The van der Waals surface area contributed by atoms with Gasteiger partial charge in [-0.05, 0) is 41.8 Å². The summed E-state index contributed by atoms with van der Waals surface area (Å²) < 4.78 is 18.8. The zero-order valence-electron chi connectivity index (χ0n) is 12.3. The van der Waals surface area contributed by atoms with Crippen LogP contribution in [0, 0.1) is 0 Å². The van der Waals surface area contributed by atoms with Crippen LogP contribution in [0.2, 0.25) is 0 Å². The molecular weight excluding hydrogens is 299 g/mol. The molecule has 1 aromatic carbocycles. The van der Waals surface area contributed by atoms with Gasteiger partial charge in [-0.3, -0.25) is 4.39 Å². The average Bonchev–Trinajstić information content (AvgIpc) is 2.98. The lowest BCUT2D eigenvalue weighted by Crippen LogP contribution is -1.97. The Labute approximate surface area is 132 Å². The maximum atomic E-state index is 12.1. The third-order valence-corrected chi connectivity index (χ3v) is 4.49. The quantitative estimate of drug-likeness (QED) is 0.667. The maximum Gasteiger partial charge on any atom is 0.125 e. The highest BCUT2D eigenvalue weighted by atomic mass is 32.1. The van der Waals surface area contributed by atoms with Crippen LogP contribution in [0.25, 0.3) is 20.5 Å². The molecule has 2 aromatic heterocycles. The first-order valence-corrected chi connectivity index (χ1v) is 7.98. The molecule has 0 fully saturated rings. The molecule has 0 aliphatic heterocycles. The summed E-state index contributed by atoms with van der Waals surface area (Å²) in [5, 5.41) is 4.19. The van der Waals surface area contributed by atoms with Gasteiger partial charge in [-0.2, -0.15) is 0 Å². The van der Waals surface area contributed by atoms with E-state index in [1.807, 2.05) is 37.5 Å². The Hall–Kier alpha value is -2.14. The lowest BCUT2D eigenvalue weighted by Gasteiger charge is -2.03. The summed E-state index contributed by atoms with van der Waals surface area (Å²) >= 11 is 1.70. The van der Waals surface area contributed by atoms with Crippen molar-refractivity contribution in [2.45, 2.75) is 6.42 Å². The summed E-state index contributed by atoms with van der Waals surface area (Å²) in [5.74, 6) is 1.64. The van der Waals surface area contributed by atoms with Crippen LogP contribution in [0.4, 0.5) is 10.2 Å². The van der Waals surface area contributed by atoms with Crippen molar-refractivity contribution in [2.24, 2.45) is 0 Å². The number of nitrogens with one attached hydrogen (secondary N) is 1. The summed E-state index contributed by atoms with van der Waals surface area (Å²) in [6.07, 6.45) is 2.30. The van der Waals surface area contributed by atoms with Gasteiger partial charge in [0.1, 0.15) is 11.6 Å². The predicted octanol–water partition coefficient (Wildman–Crippen LogP) is 4.74. The second kappa shape index (κ2) is 6.75. The van der Waals surface area contributed by atoms with Crippen molar-refractivity contribution < 1.29 is 9.13 Å². The molecular formula is C17H17FN2OS. The van der Waals surface area contributed by atoms with Gasteiger partial charge >= 0.3 is 0 Å². The van der Waals surface area contributed by atoms with Gasteiger partial charge in [0.25, 0.3) is 0 Å². The first kappa shape index (κ1) is 14.8. The molecule has 0 amide bonds. The second-order valence-corrected chi connectivity index (χ2v) is 5.97. The van der Waals surface area contributed by atoms with Crippen LogP contribution < -0.4 is 10.1 Å². The number of rotatable bonds is 6. The summed E-state index contributed by atoms with van der Waals surface area (Å²) in [4.78, 5) is 5.52. The van der Waals surface area contributed by atoms with Crippen LogP contribution in [0.1, 0.15) is 6.42 Å². The normalized spacial score (nSPS) is 10.8. The molecule has 0 aliphatic carbocycles. The summed E-state index contributed by atoms with van der Waals surface area (Å²) in [5.41, 5.74) is 1.10. The number of ether oxygens (including phenoxy) is 1. The summed E-state index contributed by atoms with van der Waals surface area (Å²) in [6.45, 7) is 0.0661. The van der Waals surface area contributed by atoms with E-state index in [1.165, 1.54) is 10.3 Å². The van der Waals surface area contributed by atoms with E-state index in [0.717, 1.165) is 21.8 Å². The Balaban J connectivity index is 1.85. The third kappa shape index (κ3) is 3.20. The van der Waals surface area contributed by atoms with Gasteiger partial charge < -0.3 is 10.1 Å². The highest BCUT2D eigenvalue weighted by Gasteiger charge is 2.06. The Bertz CT molecular complexity index is 755. The first-order valence-electron chi connectivity index (χ1n) is 7.16. The molecule has 3 aromatic rings. The van der Waals surface area contributed by atoms with Crippen molar-refractivity contribution in [3.8, 4) is 16.2 Å². The van der Waals surface area contributed by atoms with Crippen LogP contribution in [0.5, 0.6) is 5.75 Å². The fraction of sp³-hybridized carbons (Fsp3) is 0.235. The molecule has 5 heteroatoms. The van der Waals surface area contributed by atoms with Gasteiger partial charge in [0.2, 0.25) is 0 Å². The number of nitrogens with zero attached hydrogens (tertiary/aromatic N) is 1. The van der Waals surface area contributed by atoms with Gasteiger partial charge in [-0.15, -0.1) is 11.3 Å². The molecule has 2 heterocycles. The smallest absolute Gasteiger partial charge is 0.125 e. The van der Waals surface area contributed by atoms with E-state index in [1.54, 1.807) is 11.3 Å². The molecule has 1 N–H and O–H groups in total. The minimum absolute atomic E-state index is 0.346. The number of benzene rings is 1. The van der Waals surface area contributed by atoms with E-state index in [2.05, 4.69) is 22.4 Å². The standard InChI is InChI=1S/C17H17FN2OS/c1-19-17-6-4-13(11-20-17)15-9-12-3-5-14(10-16(12)22-15)21-8-2-7-18/h3-6,9-11H,2,7-8H2,1H3,(H,19,20). The third-order valence-electron chi connectivity index (χ3n) is 3.34. The van der Waals surface area contributed by atoms with Crippen molar-refractivity contribution in [1.82, 2.24) is 4.98 Å². The molecule has 0 spiro atoms. The molecule has 0 saturated carbocycles. The Kier molecular flexibility index (Phi) is 4.53. The number of hydrogen-bond donors (Lipinski definition) is 1. The summed E-state index contributed by atoms with van der Waals surface area (Å²) in [6, 6.07) is 12.2. The van der Waals surface area contributed by atoms with Gasteiger partial charge in [0, 0.05) is 34.8 Å². The van der Waals surface area contributed by atoms with E-state index in [0.29, 0.717) is 13.0 Å². The Morgan fingerprint density at radius 3 is 2.86 bits per heavy atom. The number of alkyl halides is 1. The van der Waals surface area contributed by atoms with Gasteiger partial charge in [0.15, 0.2) is 0 Å². The van der Waals surface area contributed by atoms with Gasteiger partial charge in [-0.25, -0.2) is 4.98 Å². The van der Waals surface area contributed by atoms with Gasteiger partial charge in [0.05, 0.1) is 13.3 Å². The van der Waals surface area contributed by atoms with E-state index in [4.69, 9.17) is 4.74 Å². The van der Waals surface area contributed by atoms with Crippen molar-refractivity contribution in [3.05, 3.63) is 42.6 Å². The minimum Gasteiger partial charge on any atom is -0.493 e. The molecule has 0 saturated heterocycles. The van der Waals surface area contributed by atoms with Crippen LogP contribution in [0.3, 0.4) is 0 Å². The highest BCUT2D eigenvalue weighted by Crippen LogP contribution is 2.35. The minimum atomic E-state index is -0.346. The monoisotopic (exact) mass is 316 g/mol. The van der Waals surface area contributed by atoms with Crippen molar-refractivity contribution >= 4 is 27.2 Å². The zero-order valence-corrected chi connectivity index (χ0v) is 13.1. The largest absolute Gasteiger partial charge is 0.493 e. The van der Waals surface area contributed by atoms with Crippen LogP contribution in [0.15, 0.2) is 42.6 Å². The first-order chi connectivity index (χ1) is 10.8. The molecule has 22 heavy (non-hydrogen) atoms. The topological polar surface area (TPSA) is 34.1 Å². The van der Waals surface area contributed by atoms with Crippen LogP contribution in [-0.2, 0) is 0 Å². The number of anilines is 1. The molecule has 0 unspecified atom stereocenters. The number of halogens is 1. The second-order valence-electron chi connectivity index (χ2n) is 4.88. The number of fused-ring (bicyclic) bond motifs is 1. The maximum absolute atomic E-state index is 12.1. The molecule has 3 nitrogen and oxygen atoms in total. The predicted molar refractivity (Wildman–Crippen MR) is 90.7 cm³/mol. The summed E-state index contributed by atoms with van der Waals surface area (Å²) in [7, 11) is 1.85. The average molecular weight is 316 g/mol.